The molecule has 0 spiro atoms. The second-order valence-corrected chi connectivity index (χ2v) is 7.24. The number of halogens is 1. The first kappa shape index (κ1) is 16.6. The fraction of sp³-hybridized carbons (Fsp3) is 0.462. The minimum Gasteiger partial charge on any atom is -0.480 e. The van der Waals surface area contributed by atoms with Crippen molar-refractivity contribution in [3.8, 4) is 0 Å². The average Bonchev–Trinajstić information content (AvgIpc) is 2.35. The van der Waals surface area contributed by atoms with Gasteiger partial charge in [-0.2, -0.15) is 0 Å². The largest absolute Gasteiger partial charge is 0.480 e. The highest BCUT2D eigenvalue weighted by Gasteiger charge is 2.16. The first-order valence-electron chi connectivity index (χ1n) is 6.19. The van der Waals surface area contributed by atoms with Crippen LogP contribution in [0.15, 0.2) is 18.2 Å². The van der Waals surface area contributed by atoms with Crippen LogP contribution < -0.4 is 5.73 Å². The quantitative estimate of drug-likeness (QED) is 0.710. The van der Waals surface area contributed by atoms with Crippen LogP contribution in [-0.2, 0) is 20.9 Å². The summed E-state index contributed by atoms with van der Waals surface area (Å²) < 4.78 is 33.2. The van der Waals surface area contributed by atoms with Crippen LogP contribution >= 0.6 is 0 Å². The van der Waals surface area contributed by atoms with Gasteiger partial charge in [0.05, 0.1) is 0 Å². The van der Waals surface area contributed by atoms with Gasteiger partial charge in [-0.25, -0.2) is 8.60 Å². The van der Waals surface area contributed by atoms with Gasteiger partial charge < -0.3 is 10.8 Å². The lowest BCUT2D eigenvalue weighted by molar-refractivity contribution is -0.138. The van der Waals surface area contributed by atoms with E-state index in [1.54, 1.807) is 19.1 Å². The number of nitrogens with one attached hydrogen (secondary N) is 1. The van der Waals surface area contributed by atoms with Gasteiger partial charge in [-0.3, -0.25) is 9.57 Å². The molecule has 0 heterocycles. The summed E-state index contributed by atoms with van der Waals surface area (Å²) in [5, 5.41) is 8.62. The summed E-state index contributed by atoms with van der Waals surface area (Å²) in [5.41, 5.74) is 6.51. The Balaban J connectivity index is 2.57. The molecule has 20 heavy (non-hydrogen) atoms. The molecule has 0 amide bonds. The maximum absolute atomic E-state index is 13.6. The van der Waals surface area contributed by atoms with Crippen molar-refractivity contribution in [1.82, 2.24) is 0 Å². The van der Waals surface area contributed by atoms with E-state index in [4.69, 9.17) is 15.6 Å². The van der Waals surface area contributed by atoms with Crippen LogP contribution in [0.25, 0.3) is 0 Å². The first-order valence-corrected chi connectivity index (χ1v) is 8.08. The molecule has 0 aliphatic heterocycles. The highest BCUT2D eigenvalue weighted by molar-refractivity contribution is 7.92. The molecule has 1 rings (SSSR count). The summed E-state index contributed by atoms with van der Waals surface area (Å²) in [6.45, 7) is 1.77. The third-order valence-electron chi connectivity index (χ3n) is 2.99. The number of aryl methyl sites for hydroxylation is 2. The van der Waals surface area contributed by atoms with E-state index in [1.165, 1.54) is 6.07 Å². The summed E-state index contributed by atoms with van der Waals surface area (Å²) >= 11 is 0. The van der Waals surface area contributed by atoms with Crippen molar-refractivity contribution in [1.29, 1.82) is 4.78 Å². The summed E-state index contributed by atoms with van der Waals surface area (Å²) in [6.07, 6.45) is 0.171. The molecule has 0 aromatic heterocycles. The third kappa shape index (κ3) is 5.26. The number of rotatable bonds is 7. The Morgan fingerprint density at radius 3 is 2.70 bits per heavy atom. The zero-order chi connectivity index (χ0) is 15.3. The molecule has 0 saturated heterocycles. The molecule has 7 heteroatoms. The molecule has 0 radical (unpaired) electrons. The van der Waals surface area contributed by atoms with E-state index >= 15 is 0 Å². The number of benzene rings is 1. The molecule has 1 aromatic carbocycles. The molecule has 4 N–H and O–H groups in total. The predicted molar refractivity (Wildman–Crippen MR) is 75.7 cm³/mol. The van der Waals surface area contributed by atoms with E-state index in [1.807, 2.05) is 0 Å². The van der Waals surface area contributed by atoms with E-state index < -0.39 is 21.7 Å². The standard InChI is InChI=1S/C13H19FN2O3S/c1-9-2-3-10(11(14)8-9)4-6-20(16,19)7-5-12(15)13(17)18/h2-3,8,12,16H,4-7,15H2,1H3,(H,17,18)/t12-,20?/m0/s1. The number of carboxylic acids is 1. The van der Waals surface area contributed by atoms with Gasteiger partial charge >= 0.3 is 5.97 Å². The summed E-state index contributed by atoms with van der Waals surface area (Å²) in [6, 6.07) is 3.65. The smallest absolute Gasteiger partial charge is 0.320 e. The van der Waals surface area contributed by atoms with E-state index in [-0.39, 0.29) is 30.2 Å². The van der Waals surface area contributed by atoms with Gasteiger partial charge in [0.25, 0.3) is 0 Å². The normalized spacial score (nSPS) is 15.6. The Bertz CT molecular complexity index is 587. The Morgan fingerprint density at radius 1 is 1.50 bits per heavy atom. The zero-order valence-corrected chi connectivity index (χ0v) is 12.1. The lowest BCUT2D eigenvalue weighted by Crippen LogP contribution is -2.32. The summed E-state index contributed by atoms with van der Waals surface area (Å²) in [4.78, 5) is 10.5. The molecular weight excluding hydrogens is 283 g/mol. The van der Waals surface area contributed by atoms with E-state index in [0.717, 1.165) is 5.56 Å². The molecule has 0 saturated carbocycles. The van der Waals surface area contributed by atoms with E-state index in [0.29, 0.717) is 5.56 Å². The third-order valence-corrected chi connectivity index (χ3v) is 4.74. The molecule has 1 aromatic rings. The molecule has 2 atom stereocenters. The SMILES string of the molecule is Cc1ccc(CCS(=N)(=O)CC[C@H](N)C(=O)O)c(F)c1. The summed E-state index contributed by atoms with van der Waals surface area (Å²) in [7, 11) is -2.95. The van der Waals surface area contributed by atoms with Crippen molar-refractivity contribution in [2.45, 2.75) is 25.8 Å². The predicted octanol–water partition coefficient (Wildman–Crippen LogP) is 1.53. The zero-order valence-electron chi connectivity index (χ0n) is 11.3. The second kappa shape index (κ2) is 6.81. The van der Waals surface area contributed by atoms with E-state index in [2.05, 4.69) is 0 Å². The molecular formula is C13H19FN2O3S. The van der Waals surface area contributed by atoms with Crippen molar-refractivity contribution in [2.24, 2.45) is 5.73 Å². The van der Waals surface area contributed by atoms with Crippen molar-refractivity contribution >= 4 is 15.7 Å². The van der Waals surface area contributed by atoms with Crippen LogP contribution in [0.1, 0.15) is 17.5 Å². The van der Waals surface area contributed by atoms with Crippen LogP contribution in [0.5, 0.6) is 0 Å². The van der Waals surface area contributed by atoms with Gasteiger partial charge in [-0.15, -0.1) is 0 Å². The van der Waals surface area contributed by atoms with E-state index in [9.17, 15) is 13.4 Å². The fourth-order valence-corrected chi connectivity index (χ4v) is 3.06. The van der Waals surface area contributed by atoms with Crippen molar-refractivity contribution in [3.05, 3.63) is 35.1 Å². The van der Waals surface area contributed by atoms with Crippen LogP contribution in [0, 0.1) is 17.5 Å². The lowest BCUT2D eigenvalue weighted by Gasteiger charge is -2.10. The number of aliphatic carboxylic acids is 1. The van der Waals surface area contributed by atoms with Gasteiger partial charge in [0.2, 0.25) is 0 Å². The fourth-order valence-electron chi connectivity index (χ4n) is 1.67. The number of carboxylic acid groups (broad SMARTS) is 1. The summed E-state index contributed by atoms with van der Waals surface area (Å²) in [5.74, 6) is -1.64. The molecule has 0 fully saturated rings. The maximum Gasteiger partial charge on any atom is 0.320 e. The monoisotopic (exact) mass is 302 g/mol. The molecule has 0 bridgehead atoms. The Labute approximate surface area is 118 Å². The molecule has 1 unspecified atom stereocenters. The lowest BCUT2D eigenvalue weighted by atomic mass is 10.1. The van der Waals surface area contributed by atoms with Crippen molar-refractivity contribution < 1.29 is 18.5 Å². The number of hydrogen-bond donors (Lipinski definition) is 3. The molecule has 0 aliphatic rings. The van der Waals surface area contributed by atoms with Crippen LogP contribution in [0.3, 0.4) is 0 Å². The Hall–Kier alpha value is -1.47. The first-order chi connectivity index (χ1) is 9.21. The van der Waals surface area contributed by atoms with Gasteiger partial charge in [0.15, 0.2) is 0 Å². The Kier molecular flexibility index (Phi) is 5.64. The van der Waals surface area contributed by atoms with Gasteiger partial charge in [0, 0.05) is 21.2 Å². The number of hydrogen-bond acceptors (Lipinski definition) is 4. The van der Waals surface area contributed by atoms with Gasteiger partial charge in [-0.1, -0.05) is 12.1 Å². The van der Waals surface area contributed by atoms with Crippen LogP contribution in [0.4, 0.5) is 4.39 Å². The van der Waals surface area contributed by atoms with Crippen LogP contribution in [-0.4, -0.2) is 32.8 Å². The van der Waals surface area contributed by atoms with Gasteiger partial charge in [0.1, 0.15) is 11.9 Å². The van der Waals surface area contributed by atoms with Crippen molar-refractivity contribution in [2.75, 3.05) is 11.5 Å². The molecule has 0 aliphatic carbocycles. The van der Waals surface area contributed by atoms with Crippen LogP contribution in [0.2, 0.25) is 0 Å². The molecule has 5 nitrogen and oxygen atoms in total. The minimum absolute atomic E-state index is 0.000675. The highest BCUT2D eigenvalue weighted by atomic mass is 32.2. The van der Waals surface area contributed by atoms with Crippen molar-refractivity contribution in [3.63, 3.8) is 0 Å². The second-order valence-electron chi connectivity index (χ2n) is 4.80. The minimum atomic E-state index is -2.95. The Morgan fingerprint density at radius 2 is 2.15 bits per heavy atom. The number of nitrogens with two attached hydrogens (primary N) is 1. The topological polar surface area (TPSA) is 104 Å². The van der Waals surface area contributed by atoms with Gasteiger partial charge in [-0.05, 0) is 37.0 Å². The number of carbonyl (C=O) groups is 1. The average molecular weight is 302 g/mol. The molecule has 112 valence electrons. The maximum atomic E-state index is 13.6. The highest BCUT2D eigenvalue weighted by Crippen LogP contribution is 2.12.